The number of H-pyrrole nitrogens is 2. The van der Waals surface area contributed by atoms with Crippen molar-refractivity contribution in [2.75, 3.05) is 6.54 Å². The summed E-state index contributed by atoms with van der Waals surface area (Å²) in [5.74, 6) is 1.37. The van der Waals surface area contributed by atoms with Gasteiger partial charge in [-0.15, -0.1) is 0 Å². The maximum Gasteiger partial charge on any atom is 0.254 e. The molecule has 0 aromatic carbocycles. The van der Waals surface area contributed by atoms with Crippen molar-refractivity contribution in [3.05, 3.63) is 51.5 Å². The zero-order valence-electron chi connectivity index (χ0n) is 13.5. The molecule has 5 heteroatoms. The Labute approximate surface area is 136 Å². The Balaban J connectivity index is 1.56. The average molecular weight is 312 g/mol. The summed E-state index contributed by atoms with van der Waals surface area (Å²) in [5.41, 5.74) is 3.19. The molecule has 0 radical (unpaired) electrons. The molecule has 0 atom stereocenters. The standard InChI is InChI=1S/C18H24N4O/c23-18-15-8-10-22(11-14-7-4-9-19-14)12-16(15)20-17(21-18)13-5-2-1-3-6-13/h4,7,9,13,19H,1-3,5-6,8,10-12H2,(H,20,21,23). The zero-order chi connectivity index (χ0) is 15.6. The van der Waals surface area contributed by atoms with Crippen molar-refractivity contribution in [2.45, 2.75) is 57.5 Å². The molecule has 0 unspecified atom stereocenters. The maximum absolute atomic E-state index is 12.4. The van der Waals surface area contributed by atoms with Crippen molar-refractivity contribution in [3.63, 3.8) is 0 Å². The summed E-state index contributed by atoms with van der Waals surface area (Å²) in [5, 5.41) is 0. The highest BCUT2D eigenvalue weighted by Crippen LogP contribution is 2.30. The lowest BCUT2D eigenvalue weighted by Crippen LogP contribution is -2.35. The van der Waals surface area contributed by atoms with Crippen molar-refractivity contribution in [2.24, 2.45) is 0 Å². The van der Waals surface area contributed by atoms with Gasteiger partial charge in [0, 0.05) is 43.0 Å². The van der Waals surface area contributed by atoms with Crippen LogP contribution in [0.15, 0.2) is 23.1 Å². The summed E-state index contributed by atoms with van der Waals surface area (Å²) in [4.78, 5) is 26.0. The van der Waals surface area contributed by atoms with E-state index in [0.717, 1.165) is 56.0 Å². The topological polar surface area (TPSA) is 64.8 Å². The van der Waals surface area contributed by atoms with E-state index in [4.69, 9.17) is 4.98 Å². The summed E-state index contributed by atoms with van der Waals surface area (Å²) in [6.07, 6.45) is 8.90. The summed E-state index contributed by atoms with van der Waals surface area (Å²) in [7, 11) is 0. The van der Waals surface area contributed by atoms with E-state index < -0.39 is 0 Å². The van der Waals surface area contributed by atoms with Gasteiger partial charge in [0.2, 0.25) is 0 Å². The third-order valence-corrected chi connectivity index (χ3v) is 5.22. The lowest BCUT2D eigenvalue weighted by atomic mass is 9.88. The first-order chi connectivity index (χ1) is 11.3. The third-order valence-electron chi connectivity index (χ3n) is 5.22. The molecule has 3 heterocycles. The highest BCUT2D eigenvalue weighted by molar-refractivity contribution is 5.22. The minimum absolute atomic E-state index is 0.0927. The van der Waals surface area contributed by atoms with E-state index in [2.05, 4.69) is 20.9 Å². The predicted octanol–water partition coefficient (Wildman–Crippen LogP) is 2.70. The third kappa shape index (κ3) is 3.11. The van der Waals surface area contributed by atoms with E-state index in [1.54, 1.807) is 0 Å². The van der Waals surface area contributed by atoms with Gasteiger partial charge >= 0.3 is 0 Å². The molecule has 23 heavy (non-hydrogen) atoms. The number of nitrogens with one attached hydrogen (secondary N) is 2. The van der Waals surface area contributed by atoms with Crippen LogP contribution in [0.25, 0.3) is 0 Å². The fraction of sp³-hybridized carbons (Fsp3) is 0.556. The van der Waals surface area contributed by atoms with Crippen LogP contribution in [0.4, 0.5) is 0 Å². The van der Waals surface area contributed by atoms with E-state index in [9.17, 15) is 4.79 Å². The van der Waals surface area contributed by atoms with Crippen LogP contribution in [0.5, 0.6) is 0 Å². The molecule has 122 valence electrons. The number of hydrogen-bond donors (Lipinski definition) is 2. The molecule has 1 saturated carbocycles. The lowest BCUT2D eigenvalue weighted by Gasteiger charge is -2.28. The summed E-state index contributed by atoms with van der Waals surface area (Å²) in [6, 6.07) is 4.13. The number of nitrogens with zero attached hydrogens (tertiary/aromatic N) is 2. The minimum Gasteiger partial charge on any atom is -0.364 e. The minimum atomic E-state index is 0.0927. The Morgan fingerprint density at radius 3 is 2.91 bits per heavy atom. The fourth-order valence-electron chi connectivity index (χ4n) is 3.92. The number of hydrogen-bond acceptors (Lipinski definition) is 3. The Morgan fingerprint density at radius 2 is 2.13 bits per heavy atom. The van der Waals surface area contributed by atoms with E-state index >= 15 is 0 Å². The van der Waals surface area contributed by atoms with Gasteiger partial charge in [-0.1, -0.05) is 19.3 Å². The first-order valence-corrected chi connectivity index (χ1v) is 8.76. The second kappa shape index (κ2) is 6.32. The highest BCUT2D eigenvalue weighted by Gasteiger charge is 2.24. The number of aromatic nitrogens is 3. The molecule has 1 aliphatic carbocycles. The molecular formula is C18H24N4O. The van der Waals surface area contributed by atoms with Crippen molar-refractivity contribution in [1.82, 2.24) is 19.9 Å². The van der Waals surface area contributed by atoms with Crippen LogP contribution in [0, 0.1) is 0 Å². The molecule has 0 saturated heterocycles. The molecule has 2 N–H and O–H groups in total. The first kappa shape index (κ1) is 14.7. The number of fused-ring (bicyclic) bond motifs is 1. The van der Waals surface area contributed by atoms with Crippen LogP contribution >= 0.6 is 0 Å². The van der Waals surface area contributed by atoms with Gasteiger partial charge in [0.05, 0.1) is 5.69 Å². The van der Waals surface area contributed by atoms with E-state index in [0.29, 0.717) is 5.92 Å². The van der Waals surface area contributed by atoms with E-state index in [1.807, 2.05) is 12.3 Å². The Morgan fingerprint density at radius 1 is 1.26 bits per heavy atom. The van der Waals surface area contributed by atoms with Crippen LogP contribution in [0.2, 0.25) is 0 Å². The predicted molar refractivity (Wildman–Crippen MR) is 89.3 cm³/mol. The van der Waals surface area contributed by atoms with Gasteiger partial charge in [0.25, 0.3) is 5.56 Å². The molecule has 1 aliphatic heterocycles. The number of aromatic amines is 2. The Kier molecular flexibility index (Phi) is 4.04. The highest BCUT2D eigenvalue weighted by atomic mass is 16.1. The van der Waals surface area contributed by atoms with Gasteiger partial charge < -0.3 is 9.97 Å². The Bertz CT molecular complexity index is 713. The van der Waals surface area contributed by atoms with Crippen molar-refractivity contribution >= 4 is 0 Å². The molecule has 0 amide bonds. The molecule has 4 rings (SSSR count). The molecule has 2 aromatic heterocycles. The van der Waals surface area contributed by atoms with E-state index in [1.165, 1.54) is 25.0 Å². The number of rotatable bonds is 3. The maximum atomic E-state index is 12.4. The van der Waals surface area contributed by atoms with Crippen LogP contribution < -0.4 is 5.56 Å². The van der Waals surface area contributed by atoms with Crippen molar-refractivity contribution in [3.8, 4) is 0 Å². The zero-order valence-corrected chi connectivity index (χ0v) is 13.5. The van der Waals surface area contributed by atoms with Gasteiger partial charge in [-0.05, 0) is 31.4 Å². The molecule has 0 spiro atoms. The van der Waals surface area contributed by atoms with Crippen molar-refractivity contribution in [1.29, 1.82) is 0 Å². The van der Waals surface area contributed by atoms with Crippen LogP contribution in [0.1, 0.15) is 60.8 Å². The van der Waals surface area contributed by atoms with Gasteiger partial charge in [-0.25, -0.2) is 4.98 Å². The summed E-state index contributed by atoms with van der Waals surface area (Å²) >= 11 is 0. The molecule has 2 aliphatic rings. The normalized spacial score (nSPS) is 19.7. The summed E-state index contributed by atoms with van der Waals surface area (Å²) in [6.45, 7) is 2.58. The van der Waals surface area contributed by atoms with Gasteiger partial charge in [0.15, 0.2) is 0 Å². The van der Waals surface area contributed by atoms with E-state index in [-0.39, 0.29) is 5.56 Å². The molecule has 5 nitrogen and oxygen atoms in total. The summed E-state index contributed by atoms with van der Waals surface area (Å²) < 4.78 is 0. The van der Waals surface area contributed by atoms with Gasteiger partial charge in [-0.2, -0.15) is 0 Å². The lowest BCUT2D eigenvalue weighted by molar-refractivity contribution is 0.237. The molecular weight excluding hydrogens is 288 g/mol. The van der Waals surface area contributed by atoms with Crippen molar-refractivity contribution < 1.29 is 0 Å². The molecule has 2 aromatic rings. The largest absolute Gasteiger partial charge is 0.364 e. The van der Waals surface area contributed by atoms with Gasteiger partial charge in [0.1, 0.15) is 5.82 Å². The Hall–Kier alpha value is -1.88. The fourth-order valence-corrected chi connectivity index (χ4v) is 3.92. The molecule has 0 bridgehead atoms. The smallest absolute Gasteiger partial charge is 0.254 e. The SMILES string of the molecule is O=c1[nH]c(C2CCCCC2)nc2c1CCN(Cc1ccc[nH]1)C2. The second-order valence-electron chi connectivity index (χ2n) is 6.87. The first-order valence-electron chi connectivity index (χ1n) is 8.76. The van der Waals surface area contributed by atoms with Crippen LogP contribution in [0.3, 0.4) is 0 Å². The van der Waals surface area contributed by atoms with Crippen LogP contribution in [-0.4, -0.2) is 26.4 Å². The van der Waals surface area contributed by atoms with Crippen LogP contribution in [-0.2, 0) is 19.5 Å². The molecule has 1 fully saturated rings. The monoisotopic (exact) mass is 312 g/mol. The van der Waals surface area contributed by atoms with Gasteiger partial charge in [-0.3, -0.25) is 9.69 Å². The quantitative estimate of drug-likeness (QED) is 0.916. The second-order valence-corrected chi connectivity index (χ2v) is 6.87. The average Bonchev–Trinajstić information content (AvgIpc) is 3.08.